The number of aromatic amines is 1. The summed E-state index contributed by atoms with van der Waals surface area (Å²) in [5.41, 5.74) is 2.02. The van der Waals surface area contributed by atoms with E-state index in [0.29, 0.717) is 10.9 Å². The largest absolute Gasteiger partial charge is 0.405 e. The van der Waals surface area contributed by atoms with Gasteiger partial charge >= 0.3 is 5.63 Å². The van der Waals surface area contributed by atoms with Crippen molar-refractivity contribution in [1.82, 2.24) is 4.98 Å². The van der Waals surface area contributed by atoms with E-state index >= 15 is 0 Å². The zero-order valence-corrected chi connectivity index (χ0v) is 10.5. The van der Waals surface area contributed by atoms with Gasteiger partial charge in [0.05, 0.1) is 0 Å². The molecule has 94 valence electrons. The Kier molecular flexibility index (Phi) is 3.82. The van der Waals surface area contributed by atoms with E-state index in [9.17, 15) is 4.79 Å². The first-order chi connectivity index (χ1) is 8.72. The molecule has 0 aliphatic carbocycles. The Morgan fingerprint density at radius 1 is 1.33 bits per heavy atom. The lowest BCUT2D eigenvalue weighted by Gasteiger charge is -2.05. The molecule has 0 aliphatic heterocycles. The normalized spacial score (nSPS) is 12.5. The number of aromatic nitrogens is 1. The van der Waals surface area contributed by atoms with Crippen LogP contribution in [0.5, 0.6) is 0 Å². The van der Waals surface area contributed by atoms with Crippen LogP contribution in [0.1, 0.15) is 31.7 Å². The van der Waals surface area contributed by atoms with Crippen LogP contribution in [-0.4, -0.2) is 4.98 Å². The predicted molar refractivity (Wildman–Crippen MR) is 72.6 cm³/mol. The van der Waals surface area contributed by atoms with Gasteiger partial charge in [-0.1, -0.05) is 43.7 Å². The van der Waals surface area contributed by atoms with Gasteiger partial charge in [0.25, 0.3) is 0 Å². The standard InChI is InChI=1S/C15H17NO2/c1-3-4-10-13(12-8-6-5-7-9-12)14-15(17)18-11(2)16-14/h5-9,16H,2-4,10H2,1H3. The van der Waals surface area contributed by atoms with Crippen molar-refractivity contribution in [3.8, 4) is 0 Å². The lowest BCUT2D eigenvalue weighted by atomic mass is 10.0. The number of benzene rings is 1. The van der Waals surface area contributed by atoms with E-state index in [2.05, 4.69) is 18.5 Å². The zero-order chi connectivity index (χ0) is 13.0. The van der Waals surface area contributed by atoms with Crippen LogP contribution in [0.2, 0.25) is 0 Å². The number of rotatable bonds is 4. The highest BCUT2D eigenvalue weighted by atomic mass is 16.4. The average Bonchev–Trinajstić information content (AvgIpc) is 2.70. The summed E-state index contributed by atoms with van der Waals surface area (Å²) in [6.07, 6.45) is 2.97. The van der Waals surface area contributed by atoms with Crippen molar-refractivity contribution in [2.75, 3.05) is 0 Å². The van der Waals surface area contributed by atoms with E-state index < -0.39 is 0 Å². The molecular weight excluding hydrogens is 226 g/mol. The first kappa shape index (κ1) is 12.4. The van der Waals surface area contributed by atoms with Gasteiger partial charge in [-0.2, -0.15) is 0 Å². The van der Waals surface area contributed by atoms with Crippen molar-refractivity contribution < 1.29 is 4.42 Å². The van der Waals surface area contributed by atoms with Crippen molar-refractivity contribution in [2.45, 2.75) is 26.2 Å². The van der Waals surface area contributed by atoms with Crippen molar-refractivity contribution in [3.63, 3.8) is 0 Å². The van der Waals surface area contributed by atoms with Crippen LogP contribution in [0.3, 0.4) is 0 Å². The minimum absolute atomic E-state index is 0.305. The summed E-state index contributed by atoms with van der Waals surface area (Å²) in [7, 11) is 0. The molecule has 1 aromatic heterocycles. The van der Waals surface area contributed by atoms with Gasteiger partial charge in [0.15, 0.2) is 5.55 Å². The Balaban J connectivity index is 2.63. The smallest absolute Gasteiger partial charge is 0.361 e. The molecule has 0 amide bonds. The Bertz CT molecular complexity index is 665. The van der Waals surface area contributed by atoms with E-state index in [0.717, 1.165) is 30.4 Å². The first-order valence-electron chi connectivity index (χ1n) is 6.19. The van der Waals surface area contributed by atoms with Crippen molar-refractivity contribution in [3.05, 3.63) is 57.2 Å². The Labute approximate surface area is 105 Å². The lowest BCUT2D eigenvalue weighted by Crippen LogP contribution is -2.25. The third-order valence-electron chi connectivity index (χ3n) is 2.89. The fourth-order valence-electron chi connectivity index (χ4n) is 1.98. The van der Waals surface area contributed by atoms with Crippen LogP contribution in [0.25, 0.3) is 12.2 Å². The molecule has 0 atom stereocenters. The predicted octanol–water partition coefficient (Wildman–Crippen LogP) is 1.77. The summed E-state index contributed by atoms with van der Waals surface area (Å²) in [5.74, 6) is 0. The number of hydrogen-bond acceptors (Lipinski definition) is 2. The molecule has 2 rings (SSSR count). The second-order valence-corrected chi connectivity index (χ2v) is 4.26. The summed E-state index contributed by atoms with van der Waals surface area (Å²) < 4.78 is 4.95. The van der Waals surface area contributed by atoms with Crippen LogP contribution in [0.4, 0.5) is 0 Å². The highest BCUT2D eigenvalue weighted by Gasteiger charge is 2.07. The molecule has 0 saturated carbocycles. The highest BCUT2D eigenvalue weighted by Crippen LogP contribution is 2.16. The zero-order valence-electron chi connectivity index (χ0n) is 10.5. The van der Waals surface area contributed by atoms with Gasteiger partial charge in [-0.05, 0) is 30.6 Å². The molecule has 0 bridgehead atoms. The van der Waals surface area contributed by atoms with Crippen LogP contribution in [0.15, 0.2) is 39.5 Å². The molecule has 0 aliphatic rings. The molecule has 1 heterocycles. The molecule has 0 spiro atoms. The molecule has 0 fully saturated rings. The maximum Gasteiger partial charge on any atom is 0.361 e. The number of oxazole rings is 1. The maximum absolute atomic E-state index is 11.8. The molecule has 18 heavy (non-hydrogen) atoms. The number of hydrogen-bond donors (Lipinski definition) is 1. The third kappa shape index (κ3) is 2.62. The van der Waals surface area contributed by atoms with Crippen molar-refractivity contribution in [1.29, 1.82) is 0 Å². The molecule has 0 radical (unpaired) electrons. The maximum atomic E-state index is 11.8. The second-order valence-electron chi connectivity index (χ2n) is 4.26. The number of nitrogens with one attached hydrogen (secondary N) is 1. The van der Waals surface area contributed by atoms with Gasteiger partial charge in [-0.25, -0.2) is 4.79 Å². The second kappa shape index (κ2) is 5.54. The minimum Gasteiger partial charge on any atom is -0.405 e. The van der Waals surface area contributed by atoms with Gasteiger partial charge in [-0.3, -0.25) is 0 Å². The van der Waals surface area contributed by atoms with E-state index in [1.54, 1.807) is 0 Å². The van der Waals surface area contributed by atoms with Crippen LogP contribution in [0, 0.1) is 0 Å². The fourth-order valence-corrected chi connectivity index (χ4v) is 1.98. The van der Waals surface area contributed by atoms with E-state index in [1.807, 2.05) is 30.3 Å². The third-order valence-corrected chi connectivity index (χ3v) is 2.89. The lowest BCUT2D eigenvalue weighted by molar-refractivity contribution is 0.488. The summed E-state index contributed by atoms with van der Waals surface area (Å²) >= 11 is 0. The van der Waals surface area contributed by atoms with Crippen LogP contribution in [-0.2, 0) is 0 Å². The Morgan fingerprint density at radius 2 is 2.06 bits per heavy atom. The van der Waals surface area contributed by atoms with Crippen molar-refractivity contribution >= 4 is 12.2 Å². The van der Waals surface area contributed by atoms with Gasteiger partial charge in [0.1, 0.15) is 5.35 Å². The summed E-state index contributed by atoms with van der Waals surface area (Å²) in [6.45, 7) is 5.75. The summed E-state index contributed by atoms with van der Waals surface area (Å²) in [4.78, 5) is 14.7. The van der Waals surface area contributed by atoms with Gasteiger partial charge in [-0.15, -0.1) is 0 Å². The topological polar surface area (TPSA) is 46.0 Å². The van der Waals surface area contributed by atoms with Gasteiger partial charge in [0, 0.05) is 0 Å². The highest BCUT2D eigenvalue weighted by molar-refractivity contribution is 5.63. The van der Waals surface area contributed by atoms with Crippen LogP contribution >= 0.6 is 0 Å². The molecule has 3 nitrogen and oxygen atoms in total. The van der Waals surface area contributed by atoms with E-state index in [4.69, 9.17) is 4.42 Å². The molecule has 3 heteroatoms. The molecule has 0 saturated heterocycles. The van der Waals surface area contributed by atoms with Crippen molar-refractivity contribution in [2.24, 2.45) is 0 Å². The Hall–Kier alpha value is -2.03. The molecule has 2 aromatic rings. The molecule has 1 aromatic carbocycles. The fraction of sp³-hybridized carbons (Fsp3) is 0.267. The van der Waals surface area contributed by atoms with E-state index in [1.165, 1.54) is 0 Å². The number of H-pyrrole nitrogens is 1. The Morgan fingerprint density at radius 3 is 2.61 bits per heavy atom. The van der Waals surface area contributed by atoms with Gasteiger partial charge in [0.2, 0.25) is 0 Å². The first-order valence-corrected chi connectivity index (χ1v) is 6.19. The minimum atomic E-state index is -0.338. The molecule has 1 N–H and O–H groups in total. The molecular formula is C15H17NO2. The summed E-state index contributed by atoms with van der Waals surface area (Å²) in [5, 5.41) is 0.527. The van der Waals surface area contributed by atoms with E-state index in [-0.39, 0.29) is 5.63 Å². The SMILES string of the molecule is C=c1[nH]c(=C(CCCC)c2ccccc2)c(=O)o1. The monoisotopic (exact) mass is 243 g/mol. The quantitative estimate of drug-likeness (QED) is 0.889. The average molecular weight is 243 g/mol. The number of unbranched alkanes of at least 4 members (excludes halogenated alkanes) is 1. The van der Waals surface area contributed by atoms with Crippen LogP contribution < -0.4 is 16.5 Å². The van der Waals surface area contributed by atoms with Gasteiger partial charge < -0.3 is 9.40 Å². The molecule has 0 unspecified atom stereocenters. The summed E-state index contributed by atoms with van der Waals surface area (Å²) in [6, 6.07) is 9.92.